The highest BCUT2D eigenvalue weighted by molar-refractivity contribution is 6.02. The fraction of sp³-hybridized carbons (Fsp3) is 0.500. The van der Waals surface area contributed by atoms with E-state index in [2.05, 4.69) is 26.5 Å². The zero-order valence-electron chi connectivity index (χ0n) is 22.0. The SMILES string of the molecule is COc1ccccc1N1CCN(c2ccc(NC(=O)NC(C)(C)C)cc2C(=O)N2CCCCC2)CC1. The lowest BCUT2D eigenvalue weighted by Gasteiger charge is -2.39. The van der Waals surface area contributed by atoms with Gasteiger partial charge in [-0.05, 0) is 70.4 Å². The van der Waals surface area contributed by atoms with Crippen molar-refractivity contribution in [2.75, 3.05) is 61.5 Å². The second-order valence-electron chi connectivity index (χ2n) is 10.6. The van der Waals surface area contributed by atoms with Crippen molar-refractivity contribution < 1.29 is 14.3 Å². The van der Waals surface area contributed by atoms with Gasteiger partial charge in [-0.3, -0.25) is 4.79 Å². The average Bonchev–Trinajstić information content (AvgIpc) is 2.87. The molecular weight excluding hydrogens is 454 g/mol. The van der Waals surface area contributed by atoms with Crippen LogP contribution in [0.5, 0.6) is 5.75 Å². The largest absolute Gasteiger partial charge is 0.495 e. The van der Waals surface area contributed by atoms with Gasteiger partial charge in [-0.2, -0.15) is 0 Å². The van der Waals surface area contributed by atoms with E-state index in [4.69, 9.17) is 4.74 Å². The monoisotopic (exact) mass is 493 g/mol. The van der Waals surface area contributed by atoms with Gasteiger partial charge in [0, 0.05) is 56.2 Å². The maximum absolute atomic E-state index is 13.6. The van der Waals surface area contributed by atoms with Crippen LogP contribution in [0.3, 0.4) is 0 Å². The number of hydrogen-bond donors (Lipinski definition) is 2. The van der Waals surface area contributed by atoms with E-state index in [1.165, 1.54) is 0 Å². The van der Waals surface area contributed by atoms with Gasteiger partial charge >= 0.3 is 6.03 Å². The third-order valence-corrected chi connectivity index (χ3v) is 6.66. The predicted molar refractivity (Wildman–Crippen MR) is 146 cm³/mol. The first-order chi connectivity index (χ1) is 17.2. The molecule has 8 nitrogen and oxygen atoms in total. The molecule has 0 aliphatic carbocycles. The van der Waals surface area contributed by atoms with Gasteiger partial charge < -0.3 is 30.1 Å². The molecule has 8 heteroatoms. The number of piperazine rings is 1. The summed E-state index contributed by atoms with van der Waals surface area (Å²) in [6, 6.07) is 13.5. The highest BCUT2D eigenvalue weighted by Crippen LogP contribution is 2.31. The number of methoxy groups -OCH3 is 1. The molecule has 36 heavy (non-hydrogen) atoms. The molecule has 2 saturated heterocycles. The molecule has 3 amide bonds. The lowest BCUT2D eigenvalue weighted by Crippen LogP contribution is -2.47. The Morgan fingerprint density at radius 1 is 0.833 bits per heavy atom. The molecular formula is C28H39N5O3. The third-order valence-electron chi connectivity index (χ3n) is 6.66. The van der Waals surface area contributed by atoms with Crippen LogP contribution in [0.1, 0.15) is 50.4 Å². The number of carbonyl (C=O) groups excluding carboxylic acids is 2. The molecule has 0 radical (unpaired) electrons. The van der Waals surface area contributed by atoms with Crippen molar-refractivity contribution in [1.82, 2.24) is 10.2 Å². The van der Waals surface area contributed by atoms with E-state index in [1.54, 1.807) is 7.11 Å². The van der Waals surface area contributed by atoms with Gasteiger partial charge in [-0.1, -0.05) is 12.1 Å². The number of anilines is 3. The molecule has 0 bridgehead atoms. The Hall–Kier alpha value is -3.42. The van der Waals surface area contributed by atoms with Crippen molar-refractivity contribution >= 4 is 29.0 Å². The molecule has 4 rings (SSSR count). The molecule has 194 valence electrons. The molecule has 0 atom stereocenters. The highest BCUT2D eigenvalue weighted by Gasteiger charge is 2.27. The number of benzene rings is 2. The number of urea groups is 1. The number of ether oxygens (including phenoxy) is 1. The zero-order valence-corrected chi connectivity index (χ0v) is 22.0. The summed E-state index contributed by atoms with van der Waals surface area (Å²) in [6.07, 6.45) is 3.23. The summed E-state index contributed by atoms with van der Waals surface area (Å²) in [5, 5.41) is 5.82. The van der Waals surface area contributed by atoms with Crippen LogP contribution in [0.25, 0.3) is 0 Å². The Kier molecular flexibility index (Phi) is 7.91. The highest BCUT2D eigenvalue weighted by atomic mass is 16.5. The van der Waals surface area contributed by atoms with Crippen LogP contribution in [0.4, 0.5) is 21.9 Å². The summed E-state index contributed by atoms with van der Waals surface area (Å²) in [7, 11) is 1.70. The fourth-order valence-corrected chi connectivity index (χ4v) is 4.91. The first-order valence-electron chi connectivity index (χ1n) is 12.9. The van der Waals surface area contributed by atoms with Crippen molar-refractivity contribution in [3.8, 4) is 5.75 Å². The Bertz CT molecular complexity index is 1070. The van der Waals surface area contributed by atoms with Gasteiger partial charge in [0.25, 0.3) is 5.91 Å². The zero-order chi connectivity index (χ0) is 25.7. The Morgan fingerprint density at radius 3 is 2.11 bits per heavy atom. The van der Waals surface area contributed by atoms with Gasteiger partial charge in [-0.15, -0.1) is 0 Å². The number of likely N-dealkylation sites (tertiary alicyclic amines) is 1. The van der Waals surface area contributed by atoms with Crippen LogP contribution in [0.2, 0.25) is 0 Å². The first-order valence-corrected chi connectivity index (χ1v) is 12.9. The van der Waals surface area contributed by atoms with Crippen LogP contribution in [0.15, 0.2) is 42.5 Å². The van der Waals surface area contributed by atoms with Crippen LogP contribution < -0.4 is 25.2 Å². The lowest BCUT2D eigenvalue weighted by molar-refractivity contribution is 0.0725. The maximum atomic E-state index is 13.6. The number of piperidine rings is 1. The van der Waals surface area contributed by atoms with E-state index in [-0.39, 0.29) is 17.5 Å². The van der Waals surface area contributed by atoms with E-state index in [9.17, 15) is 9.59 Å². The normalized spacial score (nSPS) is 16.5. The lowest BCUT2D eigenvalue weighted by atomic mass is 10.1. The van der Waals surface area contributed by atoms with Crippen LogP contribution in [-0.4, -0.2) is 68.8 Å². The molecule has 2 N–H and O–H groups in total. The number of carbonyl (C=O) groups is 2. The van der Waals surface area contributed by atoms with Crippen LogP contribution >= 0.6 is 0 Å². The van der Waals surface area contributed by atoms with Gasteiger partial charge in [0.15, 0.2) is 0 Å². The minimum atomic E-state index is -0.350. The molecule has 2 aliphatic rings. The van der Waals surface area contributed by atoms with Crippen LogP contribution in [-0.2, 0) is 0 Å². The number of amides is 3. The molecule has 2 heterocycles. The average molecular weight is 494 g/mol. The fourth-order valence-electron chi connectivity index (χ4n) is 4.91. The van der Waals surface area contributed by atoms with E-state index < -0.39 is 0 Å². The second-order valence-corrected chi connectivity index (χ2v) is 10.6. The smallest absolute Gasteiger partial charge is 0.319 e. The van der Waals surface area contributed by atoms with E-state index >= 15 is 0 Å². The summed E-state index contributed by atoms with van der Waals surface area (Å²) in [5.74, 6) is 0.910. The standard InChI is InChI=1S/C28H39N5O3/c1-28(2,3)30-27(35)29-21-12-13-23(22(20-21)26(34)33-14-8-5-9-15-33)31-16-18-32(19-17-31)24-10-6-7-11-25(24)36-4/h6-7,10-13,20H,5,8-9,14-19H2,1-4H3,(H2,29,30,35). The molecule has 0 unspecified atom stereocenters. The van der Waals surface area contributed by atoms with Crippen molar-refractivity contribution in [1.29, 1.82) is 0 Å². The molecule has 2 aliphatic heterocycles. The Morgan fingerprint density at radius 2 is 1.47 bits per heavy atom. The summed E-state index contributed by atoms with van der Waals surface area (Å²) in [4.78, 5) is 32.7. The number of rotatable bonds is 5. The maximum Gasteiger partial charge on any atom is 0.319 e. The summed E-state index contributed by atoms with van der Waals surface area (Å²) in [6.45, 7) is 10.6. The molecule has 2 aromatic rings. The van der Waals surface area contributed by atoms with Gasteiger partial charge in [0.05, 0.1) is 18.4 Å². The van der Waals surface area contributed by atoms with E-state index in [0.29, 0.717) is 11.3 Å². The third kappa shape index (κ3) is 6.22. The Balaban J connectivity index is 1.55. The molecule has 0 aromatic heterocycles. The van der Waals surface area contributed by atoms with E-state index in [1.807, 2.05) is 62.1 Å². The Labute approximate surface area is 214 Å². The molecule has 2 aromatic carbocycles. The summed E-state index contributed by atoms with van der Waals surface area (Å²) < 4.78 is 5.56. The van der Waals surface area contributed by atoms with Crippen molar-refractivity contribution in [3.63, 3.8) is 0 Å². The second kappa shape index (κ2) is 11.1. The van der Waals surface area contributed by atoms with Gasteiger partial charge in [-0.25, -0.2) is 4.79 Å². The minimum Gasteiger partial charge on any atom is -0.495 e. The number of nitrogens with one attached hydrogen (secondary N) is 2. The number of para-hydroxylation sites is 2. The predicted octanol–water partition coefficient (Wildman–Crippen LogP) is 4.57. The minimum absolute atomic E-state index is 0.0386. The summed E-state index contributed by atoms with van der Waals surface area (Å²) in [5.41, 5.74) is 2.93. The van der Waals surface area contributed by atoms with E-state index in [0.717, 1.165) is 75.7 Å². The van der Waals surface area contributed by atoms with Crippen LogP contribution in [0, 0.1) is 0 Å². The van der Waals surface area contributed by atoms with Crippen molar-refractivity contribution in [2.45, 2.75) is 45.6 Å². The van der Waals surface area contributed by atoms with Gasteiger partial charge in [0.1, 0.15) is 5.75 Å². The number of hydrogen-bond acceptors (Lipinski definition) is 5. The molecule has 0 spiro atoms. The van der Waals surface area contributed by atoms with Gasteiger partial charge in [0.2, 0.25) is 0 Å². The number of nitrogens with zero attached hydrogens (tertiary/aromatic N) is 3. The summed E-state index contributed by atoms with van der Waals surface area (Å²) >= 11 is 0. The molecule has 2 fully saturated rings. The van der Waals surface area contributed by atoms with Crippen molar-refractivity contribution in [2.24, 2.45) is 0 Å². The topological polar surface area (TPSA) is 77.1 Å². The first kappa shape index (κ1) is 25.7. The molecule has 0 saturated carbocycles. The van der Waals surface area contributed by atoms with Crippen molar-refractivity contribution in [3.05, 3.63) is 48.0 Å². The quantitative estimate of drug-likeness (QED) is 0.638.